The summed E-state index contributed by atoms with van der Waals surface area (Å²) in [6, 6.07) is 0.260. The maximum Gasteiger partial charge on any atom is 0.245 e. The third-order valence-electron chi connectivity index (χ3n) is 6.38. The van der Waals surface area contributed by atoms with Crippen LogP contribution in [0.5, 0.6) is 0 Å². The summed E-state index contributed by atoms with van der Waals surface area (Å²) in [6.07, 6.45) is 10.2. The van der Waals surface area contributed by atoms with Crippen LogP contribution in [-0.2, 0) is 9.53 Å². The average molecular weight is 440 g/mol. The molecule has 1 fully saturated rings. The zero-order valence-electron chi connectivity index (χ0n) is 18.7. The molecule has 4 rings (SSSR count). The Morgan fingerprint density at radius 2 is 2.09 bits per heavy atom. The van der Waals surface area contributed by atoms with Crippen LogP contribution >= 0.6 is 0 Å². The van der Waals surface area contributed by atoms with Gasteiger partial charge in [0.05, 0.1) is 24.4 Å². The smallest absolute Gasteiger partial charge is 0.245 e. The summed E-state index contributed by atoms with van der Waals surface area (Å²) in [5.74, 6) is 1.49. The van der Waals surface area contributed by atoms with E-state index in [1.165, 1.54) is 6.08 Å². The fourth-order valence-electron chi connectivity index (χ4n) is 4.51. The monoisotopic (exact) mass is 439 g/mol. The van der Waals surface area contributed by atoms with E-state index in [0.29, 0.717) is 37.9 Å². The number of ether oxygens (including phenoxy) is 1. The number of nitrogens with zero attached hydrogens (tertiary/aromatic N) is 3. The lowest BCUT2D eigenvalue weighted by molar-refractivity contribution is -0.127. The highest BCUT2D eigenvalue weighted by Crippen LogP contribution is 2.33. The number of aliphatic imine (C=N–C) groups is 2. The zero-order chi connectivity index (χ0) is 22.7. The van der Waals surface area contributed by atoms with Gasteiger partial charge in [-0.25, -0.2) is 14.4 Å². The first-order chi connectivity index (χ1) is 15.5. The maximum absolute atomic E-state index is 13.7. The molecule has 0 aromatic carbocycles. The summed E-state index contributed by atoms with van der Waals surface area (Å²) in [7, 11) is 1.66. The van der Waals surface area contributed by atoms with Crippen LogP contribution in [0.15, 0.2) is 69.0 Å². The molecule has 0 aromatic heterocycles. The molecule has 4 aliphatic rings. The first-order valence-corrected chi connectivity index (χ1v) is 11.1. The number of likely N-dealkylation sites (tertiary alicyclic amines) is 1. The van der Waals surface area contributed by atoms with Crippen molar-refractivity contribution in [3.05, 3.63) is 59.1 Å². The number of methoxy groups -OCH3 is 1. The van der Waals surface area contributed by atoms with Crippen LogP contribution in [-0.4, -0.2) is 49.2 Å². The minimum absolute atomic E-state index is 0.0144. The summed E-state index contributed by atoms with van der Waals surface area (Å²) in [5.41, 5.74) is 3.54. The number of hydrogen-bond donors (Lipinski definition) is 2. The summed E-state index contributed by atoms with van der Waals surface area (Å²) in [6.45, 7) is 6.78. The number of halogens is 1. The van der Waals surface area contributed by atoms with E-state index in [1.807, 2.05) is 17.1 Å². The highest BCUT2D eigenvalue weighted by molar-refractivity contribution is 5.96. The number of fused-ring (bicyclic) bond motifs is 1. The number of allylic oxidation sites excluding steroid dienone is 6. The third-order valence-corrected chi connectivity index (χ3v) is 6.38. The van der Waals surface area contributed by atoms with Crippen LogP contribution in [0.25, 0.3) is 0 Å². The second kappa shape index (κ2) is 9.54. The Morgan fingerprint density at radius 1 is 1.31 bits per heavy atom. The second-order valence-electron chi connectivity index (χ2n) is 8.46. The number of amidine groups is 1. The molecule has 1 unspecified atom stereocenters. The number of rotatable bonds is 5. The first-order valence-electron chi connectivity index (χ1n) is 11.1. The number of carbonyl (C=O) groups is 1. The molecule has 0 saturated carbocycles. The van der Waals surface area contributed by atoms with E-state index in [-0.39, 0.29) is 23.7 Å². The van der Waals surface area contributed by atoms with Crippen LogP contribution in [0.4, 0.5) is 4.39 Å². The molecule has 1 amide bonds. The van der Waals surface area contributed by atoms with Crippen molar-refractivity contribution in [3.63, 3.8) is 0 Å². The van der Waals surface area contributed by atoms with Crippen LogP contribution in [0.1, 0.15) is 39.0 Å². The predicted molar refractivity (Wildman–Crippen MR) is 123 cm³/mol. The molecule has 2 aliphatic carbocycles. The van der Waals surface area contributed by atoms with Gasteiger partial charge in [-0.1, -0.05) is 6.58 Å². The summed E-state index contributed by atoms with van der Waals surface area (Å²) >= 11 is 0. The highest BCUT2D eigenvalue weighted by Gasteiger charge is 2.32. The molecule has 8 heteroatoms. The molecule has 2 heterocycles. The minimum Gasteiger partial charge on any atom is -0.495 e. The molecule has 1 saturated heterocycles. The molecule has 32 heavy (non-hydrogen) atoms. The lowest BCUT2D eigenvalue weighted by Gasteiger charge is -2.35. The number of nitrogens with one attached hydrogen (secondary N) is 2. The van der Waals surface area contributed by atoms with E-state index >= 15 is 0 Å². The van der Waals surface area contributed by atoms with Crippen molar-refractivity contribution in [2.24, 2.45) is 15.9 Å². The van der Waals surface area contributed by atoms with Crippen LogP contribution in [0.2, 0.25) is 0 Å². The Labute approximate surface area is 188 Å². The van der Waals surface area contributed by atoms with E-state index in [1.54, 1.807) is 20.4 Å². The quantitative estimate of drug-likeness (QED) is 0.643. The van der Waals surface area contributed by atoms with Gasteiger partial charge in [-0.05, 0) is 43.9 Å². The van der Waals surface area contributed by atoms with Gasteiger partial charge in [0.25, 0.3) is 0 Å². The van der Waals surface area contributed by atoms with E-state index in [4.69, 9.17) is 4.74 Å². The zero-order valence-corrected chi connectivity index (χ0v) is 18.7. The van der Waals surface area contributed by atoms with Gasteiger partial charge in [-0.15, -0.1) is 0 Å². The van der Waals surface area contributed by atoms with E-state index in [9.17, 15) is 9.18 Å². The normalized spacial score (nSPS) is 23.8. The van der Waals surface area contributed by atoms with Crippen LogP contribution < -0.4 is 10.6 Å². The molecule has 1 atom stereocenters. The van der Waals surface area contributed by atoms with Gasteiger partial charge < -0.3 is 20.3 Å². The standard InChI is InChI=1S/C24H30FN5O2/c1-4-23(31)30-9-7-16(8-10-30)28-21-12-18-20(13-22(21)32-3)26-14-27-24(18)29-17-5-6-19(25)15(2)11-17/h4,11,13-14,16,18,28H,1,5-10,12H2,2-3H3,(H,26,27,29). The highest BCUT2D eigenvalue weighted by atomic mass is 19.1. The summed E-state index contributed by atoms with van der Waals surface area (Å²) in [4.78, 5) is 22.6. The van der Waals surface area contributed by atoms with Crippen molar-refractivity contribution in [1.82, 2.24) is 15.5 Å². The maximum atomic E-state index is 13.7. The van der Waals surface area contributed by atoms with Crippen molar-refractivity contribution in [3.8, 4) is 0 Å². The van der Waals surface area contributed by atoms with Gasteiger partial charge in [-0.2, -0.15) is 0 Å². The predicted octanol–water partition coefficient (Wildman–Crippen LogP) is 3.47. The number of hydrogen-bond acceptors (Lipinski definition) is 6. The molecular formula is C24H30FN5O2. The largest absolute Gasteiger partial charge is 0.495 e. The lowest BCUT2D eigenvalue weighted by Crippen LogP contribution is -2.45. The van der Waals surface area contributed by atoms with Crippen molar-refractivity contribution >= 4 is 18.1 Å². The van der Waals surface area contributed by atoms with Crippen molar-refractivity contribution in [2.75, 3.05) is 20.2 Å². The molecule has 0 radical (unpaired) electrons. The van der Waals surface area contributed by atoms with Gasteiger partial charge in [-0.3, -0.25) is 4.79 Å². The molecule has 0 aromatic rings. The average Bonchev–Trinajstić information content (AvgIpc) is 2.81. The van der Waals surface area contributed by atoms with Crippen molar-refractivity contribution < 1.29 is 13.9 Å². The fraction of sp³-hybridized carbons (Fsp3) is 0.458. The van der Waals surface area contributed by atoms with Gasteiger partial charge in [0.1, 0.15) is 23.8 Å². The second-order valence-corrected chi connectivity index (χ2v) is 8.46. The van der Waals surface area contributed by atoms with Crippen molar-refractivity contribution in [1.29, 1.82) is 0 Å². The molecule has 2 aliphatic heterocycles. The number of amides is 1. The van der Waals surface area contributed by atoms with Gasteiger partial charge in [0.15, 0.2) is 0 Å². The molecule has 7 nitrogen and oxygen atoms in total. The Balaban J connectivity index is 1.46. The van der Waals surface area contributed by atoms with E-state index in [0.717, 1.165) is 41.5 Å². The Hall–Kier alpha value is -3.16. The van der Waals surface area contributed by atoms with Gasteiger partial charge in [0, 0.05) is 43.7 Å². The third kappa shape index (κ3) is 4.69. The Kier molecular flexibility index (Phi) is 6.58. The molecule has 170 valence electrons. The molecular weight excluding hydrogens is 409 g/mol. The fourth-order valence-corrected chi connectivity index (χ4v) is 4.51. The lowest BCUT2D eigenvalue weighted by atomic mass is 9.90. The van der Waals surface area contributed by atoms with E-state index in [2.05, 4.69) is 27.2 Å². The molecule has 0 spiro atoms. The van der Waals surface area contributed by atoms with Gasteiger partial charge >= 0.3 is 0 Å². The molecule has 0 bridgehead atoms. The van der Waals surface area contributed by atoms with Crippen LogP contribution in [0.3, 0.4) is 0 Å². The Bertz CT molecular complexity index is 980. The molecule has 2 N–H and O–H groups in total. The number of piperidine rings is 1. The summed E-state index contributed by atoms with van der Waals surface area (Å²) in [5, 5.41) is 7.07. The van der Waals surface area contributed by atoms with Crippen LogP contribution in [0, 0.1) is 5.92 Å². The van der Waals surface area contributed by atoms with Gasteiger partial charge in [0.2, 0.25) is 5.91 Å². The number of carbonyl (C=O) groups excluding carboxylic acids is 1. The minimum atomic E-state index is -0.0547. The first kappa shape index (κ1) is 22.0. The Morgan fingerprint density at radius 3 is 2.78 bits per heavy atom. The van der Waals surface area contributed by atoms with E-state index < -0.39 is 0 Å². The SMILES string of the molecule is C=CC(=O)N1CCC(NC2=C(OC)C=C3N=CN=C(NC4=CC(C)=C(F)CC4)C3C2)CC1. The summed E-state index contributed by atoms with van der Waals surface area (Å²) < 4.78 is 19.4. The topological polar surface area (TPSA) is 78.3 Å². The van der Waals surface area contributed by atoms with Crippen molar-refractivity contribution in [2.45, 2.75) is 45.1 Å².